The van der Waals surface area contributed by atoms with Gasteiger partial charge in [-0.05, 0) is 25.7 Å². The van der Waals surface area contributed by atoms with E-state index in [2.05, 4.69) is 5.32 Å². The quantitative estimate of drug-likeness (QED) is 0.478. The first kappa shape index (κ1) is 12.2. The topological polar surface area (TPSA) is 91.4 Å². The number of urea groups is 1. The number of carbonyl (C=O) groups is 1. The van der Waals surface area contributed by atoms with Crippen LogP contribution in [0.15, 0.2) is 0 Å². The van der Waals surface area contributed by atoms with Gasteiger partial charge in [0, 0.05) is 13.2 Å². The molecule has 2 rings (SSSR count). The van der Waals surface area contributed by atoms with Gasteiger partial charge in [-0.25, -0.2) is 4.79 Å². The zero-order chi connectivity index (χ0) is 12.3. The van der Waals surface area contributed by atoms with E-state index in [1.165, 1.54) is 0 Å². The molecule has 2 saturated heterocycles. The van der Waals surface area contributed by atoms with Crippen LogP contribution in [0.3, 0.4) is 0 Å². The van der Waals surface area contributed by atoms with Crippen molar-refractivity contribution in [2.45, 2.75) is 37.8 Å². The second kappa shape index (κ2) is 5.35. The zero-order valence-electron chi connectivity index (χ0n) is 9.95. The van der Waals surface area contributed by atoms with Gasteiger partial charge in [0.2, 0.25) is 0 Å². The van der Waals surface area contributed by atoms with Gasteiger partial charge in [0.25, 0.3) is 0 Å². The molecule has 0 aromatic heterocycles. The van der Waals surface area contributed by atoms with Crippen LogP contribution in [0.1, 0.15) is 25.7 Å². The van der Waals surface area contributed by atoms with Crippen molar-refractivity contribution < 1.29 is 9.53 Å². The maximum absolute atomic E-state index is 12.1. The Balaban J connectivity index is 1.93. The van der Waals surface area contributed by atoms with Crippen LogP contribution in [-0.2, 0) is 4.74 Å². The molecule has 2 amide bonds. The molecule has 4 N–H and O–H groups in total. The molecular formula is C11H20N4O2. The molecule has 2 heterocycles. The van der Waals surface area contributed by atoms with Gasteiger partial charge in [-0.1, -0.05) is 0 Å². The molecule has 0 aliphatic carbocycles. The van der Waals surface area contributed by atoms with Gasteiger partial charge >= 0.3 is 6.03 Å². The number of hydrogen-bond acceptors (Lipinski definition) is 3. The molecular weight excluding hydrogens is 220 g/mol. The number of nitrogens with one attached hydrogen (secondary N) is 2. The molecule has 0 radical (unpaired) electrons. The number of piperidine rings is 1. The van der Waals surface area contributed by atoms with Crippen LogP contribution >= 0.6 is 0 Å². The molecule has 2 unspecified atom stereocenters. The predicted molar refractivity (Wildman–Crippen MR) is 64.0 cm³/mol. The molecule has 0 spiro atoms. The van der Waals surface area contributed by atoms with Crippen LogP contribution in [-0.4, -0.2) is 48.6 Å². The van der Waals surface area contributed by atoms with Gasteiger partial charge < -0.3 is 20.7 Å². The number of hydrogen-bond donors (Lipinski definition) is 3. The van der Waals surface area contributed by atoms with Crippen molar-refractivity contribution in [1.82, 2.24) is 10.2 Å². The zero-order valence-corrected chi connectivity index (χ0v) is 9.95. The second-order valence-electron chi connectivity index (χ2n) is 4.67. The summed E-state index contributed by atoms with van der Waals surface area (Å²) in [4.78, 5) is 13.8. The summed E-state index contributed by atoms with van der Waals surface area (Å²) in [5.74, 6) is 0.0857. The summed E-state index contributed by atoms with van der Waals surface area (Å²) in [6.07, 6.45) is 3.67. The van der Waals surface area contributed by atoms with E-state index in [0.29, 0.717) is 19.8 Å². The van der Waals surface area contributed by atoms with Crippen LogP contribution < -0.4 is 11.1 Å². The predicted octanol–water partition coefficient (Wildman–Crippen LogP) is 0.275. The van der Waals surface area contributed by atoms with Crippen molar-refractivity contribution in [3.63, 3.8) is 0 Å². The molecule has 2 aliphatic heterocycles. The highest BCUT2D eigenvalue weighted by molar-refractivity contribution is 5.88. The van der Waals surface area contributed by atoms with Gasteiger partial charge in [0.05, 0.1) is 18.7 Å². The third-order valence-electron chi connectivity index (χ3n) is 3.38. The van der Waals surface area contributed by atoms with E-state index < -0.39 is 0 Å². The Morgan fingerprint density at radius 2 is 2.24 bits per heavy atom. The molecule has 0 aromatic carbocycles. The number of carbonyl (C=O) groups excluding carboxylic acids is 1. The second-order valence-corrected chi connectivity index (χ2v) is 4.67. The van der Waals surface area contributed by atoms with Gasteiger partial charge in [-0.3, -0.25) is 5.41 Å². The van der Waals surface area contributed by atoms with Crippen molar-refractivity contribution in [3.05, 3.63) is 0 Å². The summed E-state index contributed by atoms with van der Waals surface area (Å²) < 4.78 is 5.22. The largest absolute Gasteiger partial charge is 0.386 e. The van der Waals surface area contributed by atoms with E-state index in [0.717, 1.165) is 25.7 Å². The number of likely N-dealkylation sites (tertiary alicyclic amines) is 1. The Kier molecular flexibility index (Phi) is 3.83. The van der Waals surface area contributed by atoms with E-state index in [-0.39, 0.29) is 24.0 Å². The number of nitrogens with zero attached hydrogens (tertiary/aromatic N) is 1. The van der Waals surface area contributed by atoms with E-state index in [1.807, 2.05) is 0 Å². The highest BCUT2D eigenvalue weighted by Gasteiger charge is 2.30. The minimum Gasteiger partial charge on any atom is -0.386 e. The number of rotatable bonds is 2. The highest BCUT2D eigenvalue weighted by atomic mass is 16.5. The fourth-order valence-electron chi connectivity index (χ4n) is 2.40. The average molecular weight is 240 g/mol. The van der Waals surface area contributed by atoms with Gasteiger partial charge in [0.1, 0.15) is 5.84 Å². The minimum atomic E-state index is -0.230. The van der Waals surface area contributed by atoms with Gasteiger partial charge in [-0.15, -0.1) is 0 Å². The van der Waals surface area contributed by atoms with Crippen molar-refractivity contribution in [3.8, 4) is 0 Å². The van der Waals surface area contributed by atoms with Gasteiger partial charge in [-0.2, -0.15) is 0 Å². The van der Waals surface area contributed by atoms with E-state index in [9.17, 15) is 4.79 Å². The third-order valence-corrected chi connectivity index (χ3v) is 3.38. The molecule has 6 nitrogen and oxygen atoms in total. The standard InChI is InChI=1S/C11H20N4O2/c12-10(13)9-3-1-2-5-15(9)11(16)14-8-4-6-17-7-8/h8-9H,1-7H2,(H3,12,13)(H,14,16). The normalized spacial score (nSPS) is 29.1. The lowest BCUT2D eigenvalue weighted by atomic mass is 10.0. The van der Waals surface area contributed by atoms with Crippen molar-refractivity contribution in [2.75, 3.05) is 19.8 Å². The van der Waals surface area contributed by atoms with E-state index in [4.69, 9.17) is 15.9 Å². The number of nitrogens with two attached hydrogens (primary N) is 1. The maximum Gasteiger partial charge on any atom is 0.318 e. The summed E-state index contributed by atoms with van der Waals surface area (Å²) in [6.45, 7) is 1.98. The fraction of sp³-hybridized carbons (Fsp3) is 0.818. The summed E-state index contributed by atoms with van der Waals surface area (Å²) >= 11 is 0. The maximum atomic E-state index is 12.1. The van der Waals surface area contributed by atoms with Gasteiger partial charge in [0.15, 0.2) is 0 Å². The van der Waals surface area contributed by atoms with E-state index >= 15 is 0 Å². The molecule has 0 aromatic rings. The Bertz CT molecular complexity index is 302. The van der Waals surface area contributed by atoms with Crippen molar-refractivity contribution in [1.29, 1.82) is 5.41 Å². The molecule has 2 fully saturated rings. The first-order chi connectivity index (χ1) is 8.18. The molecule has 0 saturated carbocycles. The third kappa shape index (κ3) is 2.88. The average Bonchev–Trinajstić information content (AvgIpc) is 2.81. The summed E-state index contributed by atoms with van der Waals surface area (Å²) in [5, 5.41) is 10.5. The lowest BCUT2D eigenvalue weighted by Gasteiger charge is -2.35. The first-order valence-corrected chi connectivity index (χ1v) is 6.17. The molecule has 96 valence electrons. The Hall–Kier alpha value is -1.30. The Labute approximate surface area is 101 Å². The molecule has 17 heavy (non-hydrogen) atoms. The first-order valence-electron chi connectivity index (χ1n) is 6.17. The Morgan fingerprint density at radius 1 is 1.41 bits per heavy atom. The summed E-state index contributed by atoms with van der Waals surface area (Å²) in [7, 11) is 0. The highest BCUT2D eigenvalue weighted by Crippen LogP contribution is 2.17. The fourth-order valence-corrected chi connectivity index (χ4v) is 2.40. The van der Waals surface area contributed by atoms with Crippen LogP contribution in [0, 0.1) is 5.41 Å². The monoisotopic (exact) mass is 240 g/mol. The van der Waals surface area contributed by atoms with Crippen molar-refractivity contribution in [2.24, 2.45) is 5.73 Å². The number of amides is 2. The van der Waals surface area contributed by atoms with Crippen LogP contribution in [0.4, 0.5) is 4.79 Å². The van der Waals surface area contributed by atoms with Crippen LogP contribution in [0.2, 0.25) is 0 Å². The lowest BCUT2D eigenvalue weighted by Crippen LogP contribution is -2.55. The Morgan fingerprint density at radius 3 is 2.88 bits per heavy atom. The number of ether oxygens (including phenoxy) is 1. The van der Waals surface area contributed by atoms with Crippen LogP contribution in [0.5, 0.6) is 0 Å². The van der Waals surface area contributed by atoms with Crippen molar-refractivity contribution >= 4 is 11.9 Å². The molecule has 6 heteroatoms. The summed E-state index contributed by atoms with van der Waals surface area (Å²) in [6, 6.07) is -0.233. The van der Waals surface area contributed by atoms with E-state index in [1.54, 1.807) is 4.90 Å². The molecule has 2 aliphatic rings. The SMILES string of the molecule is N=C(N)C1CCCCN1C(=O)NC1CCOC1. The smallest absolute Gasteiger partial charge is 0.318 e. The molecule has 0 bridgehead atoms. The van der Waals surface area contributed by atoms with Crippen LogP contribution in [0.25, 0.3) is 0 Å². The summed E-state index contributed by atoms with van der Waals surface area (Å²) in [5.41, 5.74) is 5.54. The molecule has 2 atom stereocenters. The number of amidine groups is 1. The minimum absolute atomic E-state index is 0.0857. The lowest BCUT2D eigenvalue weighted by molar-refractivity contribution is 0.162.